The number of esters is 1. The van der Waals surface area contributed by atoms with E-state index in [9.17, 15) is 4.79 Å². The van der Waals surface area contributed by atoms with Crippen LogP contribution in [0.25, 0.3) is 0 Å². The summed E-state index contributed by atoms with van der Waals surface area (Å²) in [7, 11) is 1.40. The van der Waals surface area contributed by atoms with E-state index in [1.807, 2.05) is 12.1 Å². The summed E-state index contributed by atoms with van der Waals surface area (Å²) in [4.78, 5) is 11.0. The van der Waals surface area contributed by atoms with E-state index in [4.69, 9.17) is 5.73 Å². The summed E-state index contributed by atoms with van der Waals surface area (Å²) in [6.07, 6.45) is 2.90. The molecule has 0 amide bonds. The molecule has 0 heterocycles. The number of carbonyl (C=O) groups is 1. The van der Waals surface area contributed by atoms with Crippen LogP contribution in [0.5, 0.6) is 0 Å². The maximum absolute atomic E-state index is 11.0. The molecule has 17 heavy (non-hydrogen) atoms. The minimum Gasteiger partial charge on any atom is -0.469 e. The monoisotopic (exact) mass is 235 g/mol. The van der Waals surface area contributed by atoms with Gasteiger partial charge in [-0.3, -0.25) is 4.79 Å². The van der Waals surface area contributed by atoms with Gasteiger partial charge in [-0.1, -0.05) is 31.2 Å². The summed E-state index contributed by atoms with van der Waals surface area (Å²) in [6.45, 7) is 2.14. The second kappa shape index (κ2) is 7.07. The summed E-state index contributed by atoms with van der Waals surface area (Å²) >= 11 is 0. The predicted molar refractivity (Wildman–Crippen MR) is 68.7 cm³/mol. The van der Waals surface area contributed by atoms with Crippen LogP contribution in [0.15, 0.2) is 24.3 Å². The zero-order valence-corrected chi connectivity index (χ0v) is 10.6. The van der Waals surface area contributed by atoms with Gasteiger partial charge in [-0.2, -0.15) is 0 Å². The van der Waals surface area contributed by atoms with E-state index in [2.05, 4.69) is 23.8 Å². The second-order valence-corrected chi connectivity index (χ2v) is 4.20. The van der Waals surface area contributed by atoms with Crippen molar-refractivity contribution in [3.63, 3.8) is 0 Å². The van der Waals surface area contributed by atoms with Gasteiger partial charge in [0.2, 0.25) is 0 Å². The van der Waals surface area contributed by atoms with E-state index < -0.39 is 0 Å². The number of methoxy groups -OCH3 is 1. The fourth-order valence-electron chi connectivity index (χ4n) is 1.89. The molecule has 1 unspecified atom stereocenters. The van der Waals surface area contributed by atoms with Crippen molar-refractivity contribution in [1.29, 1.82) is 0 Å². The van der Waals surface area contributed by atoms with Crippen molar-refractivity contribution < 1.29 is 9.53 Å². The van der Waals surface area contributed by atoms with Gasteiger partial charge in [-0.05, 0) is 30.4 Å². The SMILES string of the molecule is CCc1ccccc1CC(N)CCC(=O)OC. The molecule has 1 rings (SSSR count). The molecule has 0 saturated heterocycles. The van der Waals surface area contributed by atoms with Crippen molar-refractivity contribution in [2.75, 3.05) is 7.11 Å². The Bertz CT molecular complexity index is 363. The van der Waals surface area contributed by atoms with Crippen molar-refractivity contribution >= 4 is 5.97 Å². The lowest BCUT2D eigenvalue weighted by Gasteiger charge is -2.13. The van der Waals surface area contributed by atoms with Gasteiger partial charge >= 0.3 is 5.97 Å². The average molecular weight is 235 g/mol. The fraction of sp³-hybridized carbons (Fsp3) is 0.500. The lowest BCUT2D eigenvalue weighted by Crippen LogP contribution is -2.24. The highest BCUT2D eigenvalue weighted by atomic mass is 16.5. The molecule has 3 nitrogen and oxygen atoms in total. The van der Waals surface area contributed by atoms with Crippen molar-refractivity contribution in [2.45, 2.75) is 38.6 Å². The molecule has 94 valence electrons. The van der Waals surface area contributed by atoms with Crippen molar-refractivity contribution in [2.24, 2.45) is 5.73 Å². The highest BCUT2D eigenvalue weighted by Gasteiger charge is 2.09. The number of ether oxygens (including phenoxy) is 1. The van der Waals surface area contributed by atoms with Crippen LogP contribution in [0.2, 0.25) is 0 Å². The van der Waals surface area contributed by atoms with Gasteiger partial charge in [0.25, 0.3) is 0 Å². The number of rotatable bonds is 6. The number of carbonyl (C=O) groups excluding carboxylic acids is 1. The van der Waals surface area contributed by atoms with Gasteiger partial charge in [0.05, 0.1) is 7.11 Å². The first-order valence-corrected chi connectivity index (χ1v) is 6.06. The van der Waals surface area contributed by atoms with Crippen LogP contribution in [-0.2, 0) is 22.4 Å². The first-order valence-electron chi connectivity index (χ1n) is 6.06. The number of hydrogen-bond acceptors (Lipinski definition) is 3. The molecule has 0 aliphatic carbocycles. The smallest absolute Gasteiger partial charge is 0.305 e. The van der Waals surface area contributed by atoms with Gasteiger partial charge < -0.3 is 10.5 Å². The highest BCUT2D eigenvalue weighted by molar-refractivity contribution is 5.69. The largest absolute Gasteiger partial charge is 0.469 e. The molecule has 0 saturated carbocycles. The Balaban J connectivity index is 2.50. The normalized spacial score (nSPS) is 12.2. The van der Waals surface area contributed by atoms with Crippen molar-refractivity contribution in [3.8, 4) is 0 Å². The van der Waals surface area contributed by atoms with Gasteiger partial charge in [0.15, 0.2) is 0 Å². The van der Waals surface area contributed by atoms with Crippen LogP contribution in [-0.4, -0.2) is 19.1 Å². The molecule has 0 aliphatic heterocycles. The lowest BCUT2D eigenvalue weighted by atomic mass is 9.97. The Morgan fingerprint density at radius 1 is 1.35 bits per heavy atom. The maximum Gasteiger partial charge on any atom is 0.305 e. The lowest BCUT2D eigenvalue weighted by molar-refractivity contribution is -0.140. The molecule has 1 aromatic carbocycles. The average Bonchev–Trinajstić information content (AvgIpc) is 2.36. The topological polar surface area (TPSA) is 52.3 Å². The van der Waals surface area contributed by atoms with E-state index in [0.717, 1.165) is 12.8 Å². The molecule has 0 bridgehead atoms. The predicted octanol–water partition coefficient (Wildman–Crippen LogP) is 2.07. The number of hydrogen-bond donors (Lipinski definition) is 1. The van der Waals surface area contributed by atoms with Gasteiger partial charge in [-0.15, -0.1) is 0 Å². The van der Waals surface area contributed by atoms with Crippen LogP contribution in [0.1, 0.15) is 30.9 Å². The molecular weight excluding hydrogens is 214 g/mol. The van der Waals surface area contributed by atoms with E-state index in [-0.39, 0.29) is 12.0 Å². The third-order valence-corrected chi connectivity index (χ3v) is 2.93. The van der Waals surface area contributed by atoms with Gasteiger partial charge in [0.1, 0.15) is 0 Å². The van der Waals surface area contributed by atoms with Crippen LogP contribution in [0, 0.1) is 0 Å². The minimum atomic E-state index is -0.191. The zero-order valence-electron chi connectivity index (χ0n) is 10.6. The Hall–Kier alpha value is -1.35. The third kappa shape index (κ3) is 4.57. The van der Waals surface area contributed by atoms with Gasteiger partial charge in [-0.25, -0.2) is 0 Å². The van der Waals surface area contributed by atoms with Gasteiger partial charge in [0, 0.05) is 12.5 Å². The molecule has 1 atom stereocenters. The standard InChI is InChI=1S/C14H21NO2/c1-3-11-6-4-5-7-12(11)10-13(15)8-9-14(16)17-2/h4-7,13H,3,8-10,15H2,1-2H3. The fourth-order valence-corrected chi connectivity index (χ4v) is 1.89. The first-order chi connectivity index (χ1) is 8.17. The Morgan fingerprint density at radius 2 is 2.00 bits per heavy atom. The molecule has 0 spiro atoms. The summed E-state index contributed by atoms with van der Waals surface area (Å²) in [5, 5.41) is 0. The maximum atomic E-state index is 11.0. The molecular formula is C14H21NO2. The Morgan fingerprint density at radius 3 is 2.59 bits per heavy atom. The van der Waals surface area contributed by atoms with Crippen molar-refractivity contribution in [1.82, 2.24) is 0 Å². The summed E-state index contributed by atoms with van der Waals surface area (Å²) < 4.78 is 4.60. The third-order valence-electron chi connectivity index (χ3n) is 2.93. The molecule has 2 N–H and O–H groups in total. The van der Waals surface area contributed by atoms with E-state index in [1.54, 1.807) is 0 Å². The minimum absolute atomic E-state index is 0.0156. The first kappa shape index (κ1) is 13.7. The summed E-state index contributed by atoms with van der Waals surface area (Å²) in [5.74, 6) is -0.191. The molecule has 0 fully saturated rings. The number of benzene rings is 1. The molecule has 0 aliphatic rings. The molecule has 3 heteroatoms. The van der Waals surface area contributed by atoms with Crippen molar-refractivity contribution in [3.05, 3.63) is 35.4 Å². The molecule has 0 aromatic heterocycles. The van der Waals surface area contributed by atoms with Crippen LogP contribution in [0.3, 0.4) is 0 Å². The number of nitrogens with two attached hydrogens (primary N) is 1. The quantitative estimate of drug-likeness (QED) is 0.768. The highest BCUT2D eigenvalue weighted by Crippen LogP contribution is 2.13. The summed E-state index contributed by atoms with van der Waals surface area (Å²) in [5.41, 5.74) is 8.64. The summed E-state index contributed by atoms with van der Waals surface area (Å²) in [6, 6.07) is 8.32. The number of aryl methyl sites for hydroxylation is 1. The Labute approximate surface area is 103 Å². The van der Waals surface area contributed by atoms with Crippen LogP contribution >= 0.6 is 0 Å². The molecule has 0 radical (unpaired) electrons. The second-order valence-electron chi connectivity index (χ2n) is 4.20. The zero-order chi connectivity index (χ0) is 12.7. The van der Waals surface area contributed by atoms with Crippen LogP contribution in [0.4, 0.5) is 0 Å². The van der Waals surface area contributed by atoms with Crippen LogP contribution < -0.4 is 5.73 Å². The Kier molecular flexibility index (Phi) is 5.70. The van der Waals surface area contributed by atoms with E-state index in [1.165, 1.54) is 18.2 Å². The van der Waals surface area contributed by atoms with E-state index in [0.29, 0.717) is 12.8 Å². The molecule has 1 aromatic rings. The van der Waals surface area contributed by atoms with E-state index >= 15 is 0 Å².